The molecule has 0 atom stereocenters. The number of nitrogens with zero attached hydrogens (tertiary/aromatic N) is 3. The van der Waals surface area contributed by atoms with Crippen molar-refractivity contribution >= 4 is 15.7 Å². The lowest BCUT2D eigenvalue weighted by molar-refractivity contribution is -0.0459. The summed E-state index contributed by atoms with van der Waals surface area (Å²) in [5, 5.41) is 14.1. The third-order valence-electron chi connectivity index (χ3n) is 6.10. The molecule has 3 heterocycles. The van der Waals surface area contributed by atoms with Crippen LogP contribution in [0, 0.1) is 6.92 Å². The molecule has 1 aliphatic heterocycles. The van der Waals surface area contributed by atoms with Gasteiger partial charge in [0.15, 0.2) is 23.0 Å². The molecule has 2 aromatic heterocycles. The Morgan fingerprint density at radius 3 is 2.22 bits per heavy atom. The van der Waals surface area contributed by atoms with Crippen LogP contribution >= 0.6 is 0 Å². The van der Waals surface area contributed by atoms with E-state index in [-0.39, 0.29) is 23.0 Å². The summed E-state index contributed by atoms with van der Waals surface area (Å²) in [6.45, 7) is 1.64. The largest absolute Gasteiger partial charge is 0.508 e. The lowest BCUT2D eigenvalue weighted by atomic mass is 9.97. The van der Waals surface area contributed by atoms with Crippen LogP contribution in [0.3, 0.4) is 0 Å². The molecule has 9 nitrogen and oxygen atoms in total. The minimum absolute atomic E-state index is 0.0179. The van der Waals surface area contributed by atoms with Gasteiger partial charge < -0.3 is 14.6 Å². The fourth-order valence-corrected chi connectivity index (χ4v) is 5.35. The highest BCUT2D eigenvalue weighted by Gasteiger charge is 2.45. The van der Waals surface area contributed by atoms with Crippen molar-refractivity contribution in [2.75, 3.05) is 0 Å². The summed E-state index contributed by atoms with van der Waals surface area (Å²) >= 11 is 0. The van der Waals surface area contributed by atoms with E-state index in [1.165, 1.54) is 22.7 Å². The van der Waals surface area contributed by atoms with Gasteiger partial charge in [0.05, 0.1) is 11.4 Å². The fraction of sp³-hybridized carbons (Fsp3) is 0.111. The maximum Gasteiger partial charge on any atom is 0.305 e. The van der Waals surface area contributed by atoms with Gasteiger partial charge in [0.25, 0.3) is 0 Å². The maximum atomic E-state index is 13.1. The third kappa shape index (κ3) is 4.05. The highest BCUT2D eigenvalue weighted by molar-refractivity contribution is 7.89. The van der Waals surface area contributed by atoms with Crippen LogP contribution in [0.15, 0.2) is 95.9 Å². The van der Waals surface area contributed by atoms with Crippen molar-refractivity contribution in [1.82, 2.24) is 19.3 Å². The average molecular weight is 515 g/mol. The molecule has 0 radical (unpaired) electrons. The third-order valence-corrected chi connectivity index (χ3v) is 7.50. The van der Waals surface area contributed by atoms with E-state index < -0.39 is 15.8 Å². The molecular formula is C27H22N4O5S. The minimum atomic E-state index is -3.93. The van der Waals surface area contributed by atoms with Crippen LogP contribution in [-0.2, 0) is 22.4 Å². The molecule has 37 heavy (non-hydrogen) atoms. The first-order valence-electron chi connectivity index (χ1n) is 11.5. The second-order valence-electron chi connectivity index (χ2n) is 8.64. The number of ether oxygens (including phenoxy) is 2. The van der Waals surface area contributed by atoms with Gasteiger partial charge in [-0.3, -0.25) is 0 Å². The van der Waals surface area contributed by atoms with Crippen LogP contribution in [0.5, 0.6) is 17.2 Å². The van der Waals surface area contributed by atoms with Crippen LogP contribution < -0.4 is 14.2 Å². The van der Waals surface area contributed by atoms with Crippen molar-refractivity contribution in [3.05, 3.63) is 114 Å². The molecule has 0 aliphatic carbocycles. The predicted octanol–water partition coefficient (Wildman–Crippen LogP) is 3.89. The first-order valence-corrected chi connectivity index (χ1v) is 13.0. The van der Waals surface area contributed by atoms with E-state index in [1.807, 2.05) is 60.7 Å². The molecular weight excluding hydrogens is 492 g/mol. The Hall–Kier alpha value is -4.41. The smallest absolute Gasteiger partial charge is 0.305 e. The highest BCUT2D eigenvalue weighted by Crippen LogP contribution is 2.48. The number of sulfonamides is 1. The Balaban J connectivity index is 1.29. The van der Waals surface area contributed by atoms with Crippen molar-refractivity contribution in [2.45, 2.75) is 24.2 Å². The van der Waals surface area contributed by atoms with E-state index in [1.54, 1.807) is 19.1 Å². The monoisotopic (exact) mass is 514 g/mol. The normalized spacial score (nSPS) is 14.2. The number of pyridine rings is 1. The quantitative estimate of drug-likeness (QED) is 0.353. The van der Waals surface area contributed by atoms with Gasteiger partial charge in [-0.1, -0.05) is 60.7 Å². The number of rotatable bonds is 6. The maximum absolute atomic E-state index is 13.1. The van der Waals surface area contributed by atoms with Gasteiger partial charge >= 0.3 is 5.79 Å². The molecule has 0 spiro atoms. The lowest BCUT2D eigenvalue weighted by Crippen LogP contribution is -2.36. The van der Waals surface area contributed by atoms with Crippen molar-refractivity contribution in [3.8, 4) is 17.2 Å². The molecule has 0 fully saturated rings. The summed E-state index contributed by atoms with van der Waals surface area (Å²) in [4.78, 5) is 4.31. The second-order valence-corrected chi connectivity index (χ2v) is 10.4. The Morgan fingerprint density at radius 2 is 1.54 bits per heavy atom. The number of hydrogen-bond acceptors (Lipinski definition) is 7. The molecule has 0 bridgehead atoms. The van der Waals surface area contributed by atoms with Crippen LogP contribution in [0.1, 0.15) is 22.6 Å². The molecule has 0 unspecified atom stereocenters. The number of aryl methyl sites for hydroxylation is 1. The highest BCUT2D eigenvalue weighted by atomic mass is 32.2. The molecule has 0 amide bonds. The summed E-state index contributed by atoms with van der Waals surface area (Å²) in [5.41, 5.74) is 2.65. The Bertz CT molecular complexity index is 1680. The van der Waals surface area contributed by atoms with Crippen LogP contribution in [0.4, 0.5) is 0 Å². The lowest BCUT2D eigenvalue weighted by Gasteiger charge is -2.28. The van der Waals surface area contributed by atoms with Crippen LogP contribution in [-0.4, -0.2) is 28.1 Å². The number of aromatic hydroxyl groups is 1. The predicted molar refractivity (Wildman–Crippen MR) is 135 cm³/mol. The molecule has 1 aliphatic rings. The number of aromatic nitrogens is 3. The van der Waals surface area contributed by atoms with Crippen LogP contribution in [0.25, 0.3) is 5.65 Å². The summed E-state index contributed by atoms with van der Waals surface area (Å²) in [5.74, 6) is -0.168. The first-order chi connectivity index (χ1) is 17.8. The van der Waals surface area contributed by atoms with Gasteiger partial charge in [0.1, 0.15) is 5.75 Å². The van der Waals surface area contributed by atoms with Crippen molar-refractivity contribution in [2.24, 2.45) is 0 Å². The molecule has 6 rings (SSSR count). The molecule has 10 heteroatoms. The Labute approximate surface area is 213 Å². The second kappa shape index (κ2) is 8.61. The number of hydrogen-bond donors (Lipinski definition) is 2. The van der Waals surface area contributed by atoms with Crippen molar-refractivity contribution < 1.29 is 23.0 Å². The molecule has 0 saturated heterocycles. The van der Waals surface area contributed by atoms with Gasteiger partial charge in [-0.25, -0.2) is 22.6 Å². The van der Waals surface area contributed by atoms with Gasteiger partial charge in [-0.2, -0.15) is 0 Å². The van der Waals surface area contributed by atoms with E-state index in [0.717, 1.165) is 11.1 Å². The molecule has 5 aromatic rings. The molecule has 0 saturated carbocycles. The SMILES string of the molecule is Cc1cc(O)cc2nc(CNS(=O)(=O)c3ccc4c(c3)OC(c3ccccc3)(c3ccccc3)O4)nn12. The molecule has 186 valence electrons. The standard InChI is InChI=1S/C27H22N4O5S/c1-18-14-21(32)15-26-29-25(30-31(18)26)17-28-37(33,34)22-12-13-23-24(16-22)36-27(35-23,19-8-4-2-5-9-19)20-10-6-3-7-11-20/h2-16,28,32H,17H2,1H3. The Morgan fingerprint density at radius 1 is 0.892 bits per heavy atom. The van der Waals surface area contributed by atoms with Crippen molar-refractivity contribution in [1.29, 1.82) is 0 Å². The summed E-state index contributed by atoms with van der Waals surface area (Å²) in [7, 11) is -3.93. The summed E-state index contributed by atoms with van der Waals surface area (Å²) in [6, 6.07) is 26.5. The van der Waals surface area contributed by atoms with E-state index in [9.17, 15) is 13.5 Å². The zero-order valence-electron chi connectivity index (χ0n) is 19.7. The van der Waals surface area contributed by atoms with E-state index >= 15 is 0 Å². The number of fused-ring (bicyclic) bond motifs is 2. The average Bonchev–Trinajstić information content (AvgIpc) is 3.50. The van der Waals surface area contributed by atoms with Crippen LogP contribution in [0.2, 0.25) is 0 Å². The Kier molecular flexibility index (Phi) is 5.36. The number of benzene rings is 3. The van der Waals surface area contributed by atoms with Gasteiger partial charge in [-0.15, -0.1) is 5.10 Å². The zero-order valence-corrected chi connectivity index (χ0v) is 20.5. The minimum Gasteiger partial charge on any atom is -0.508 e. The van der Waals surface area contributed by atoms with Crippen molar-refractivity contribution in [3.63, 3.8) is 0 Å². The van der Waals surface area contributed by atoms with E-state index in [4.69, 9.17) is 9.47 Å². The van der Waals surface area contributed by atoms with E-state index in [0.29, 0.717) is 22.8 Å². The van der Waals surface area contributed by atoms with Gasteiger partial charge in [0, 0.05) is 35.0 Å². The van der Waals surface area contributed by atoms with E-state index in [2.05, 4.69) is 14.8 Å². The number of nitrogens with one attached hydrogen (secondary N) is 1. The van der Waals surface area contributed by atoms with Gasteiger partial charge in [-0.05, 0) is 19.1 Å². The zero-order chi connectivity index (χ0) is 25.6. The molecule has 3 aromatic carbocycles. The summed E-state index contributed by atoms with van der Waals surface area (Å²) in [6.07, 6.45) is 0. The fourth-order valence-electron chi connectivity index (χ4n) is 4.36. The molecule has 2 N–H and O–H groups in total. The first kappa shape index (κ1) is 23.0. The van der Waals surface area contributed by atoms with Gasteiger partial charge in [0.2, 0.25) is 10.0 Å². The topological polar surface area (TPSA) is 115 Å². The summed E-state index contributed by atoms with van der Waals surface area (Å²) < 4.78 is 43.0.